The molecule has 2 aromatic rings. The molecule has 1 aromatic carbocycles. The predicted molar refractivity (Wildman–Crippen MR) is 105 cm³/mol. The van der Waals surface area contributed by atoms with Crippen LogP contribution in [0.1, 0.15) is 24.3 Å². The molecule has 1 fully saturated rings. The zero-order valence-electron chi connectivity index (χ0n) is 15.4. The number of amides is 1. The Morgan fingerprint density at radius 3 is 2.50 bits per heavy atom. The highest BCUT2D eigenvalue weighted by Crippen LogP contribution is 2.20. The van der Waals surface area contributed by atoms with Gasteiger partial charge < -0.3 is 19.9 Å². The maximum atomic E-state index is 12.6. The van der Waals surface area contributed by atoms with Crippen molar-refractivity contribution < 1.29 is 9.53 Å². The maximum Gasteiger partial charge on any atom is 0.274 e. The zero-order valence-corrected chi connectivity index (χ0v) is 15.4. The first-order chi connectivity index (χ1) is 12.7. The van der Waals surface area contributed by atoms with E-state index in [0.29, 0.717) is 18.9 Å². The predicted octanol–water partition coefficient (Wildman–Crippen LogP) is 3.02. The summed E-state index contributed by atoms with van der Waals surface area (Å²) >= 11 is 0. The summed E-state index contributed by atoms with van der Waals surface area (Å²) in [5.41, 5.74) is 3.34. The average molecular weight is 354 g/mol. The van der Waals surface area contributed by atoms with Crippen molar-refractivity contribution in [2.24, 2.45) is 0 Å². The smallest absolute Gasteiger partial charge is 0.274 e. The van der Waals surface area contributed by atoms with Gasteiger partial charge in [-0.1, -0.05) is 0 Å². The quantitative estimate of drug-likeness (QED) is 0.864. The van der Waals surface area contributed by atoms with Crippen molar-refractivity contribution in [3.8, 4) is 0 Å². The van der Waals surface area contributed by atoms with E-state index in [4.69, 9.17) is 4.74 Å². The van der Waals surface area contributed by atoms with Gasteiger partial charge in [-0.25, -0.2) is 0 Å². The summed E-state index contributed by atoms with van der Waals surface area (Å²) in [6.07, 6.45) is 1.68. The van der Waals surface area contributed by atoms with Crippen LogP contribution in [0.15, 0.2) is 42.6 Å². The van der Waals surface area contributed by atoms with E-state index in [2.05, 4.69) is 33.9 Å². The molecule has 0 atom stereocenters. The summed E-state index contributed by atoms with van der Waals surface area (Å²) in [4.78, 5) is 21.2. The molecule has 0 radical (unpaired) electrons. The third-order valence-corrected chi connectivity index (χ3v) is 4.61. The molecule has 1 saturated heterocycles. The summed E-state index contributed by atoms with van der Waals surface area (Å²) < 4.78 is 5.38. The molecule has 1 aliphatic rings. The van der Waals surface area contributed by atoms with Crippen LogP contribution in [0.25, 0.3) is 0 Å². The van der Waals surface area contributed by atoms with Crippen LogP contribution in [-0.2, 0) is 4.74 Å². The van der Waals surface area contributed by atoms with Gasteiger partial charge in [0, 0.05) is 49.4 Å². The Morgan fingerprint density at radius 1 is 1.15 bits per heavy atom. The van der Waals surface area contributed by atoms with Crippen LogP contribution in [0, 0.1) is 0 Å². The van der Waals surface area contributed by atoms with Gasteiger partial charge in [-0.05, 0) is 50.2 Å². The second-order valence-electron chi connectivity index (χ2n) is 6.17. The Bertz CT molecular complexity index is 723. The Balaban J connectivity index is 1.68. The molecule has 138 valence electrons. The molecule has 1 aliphatic heterocycles. The lowest BCUT2D eigenvalue weighted by Crippen LogP contribution is -2.36. The minimum absolute atomic E-state index is 0.198. The lowest BCUT2D eigenvalue weighted by molar-refractivity contribution is 0.102. The van der Waals surface area contributed by atoms with E-state index in [0.717, 1.165) is 43.2 Å². The van der Waals surface area contributed by atoms with E-state index < -0.39 is 0 Å². The van der Waals surface area contributed by atoms with Crippen molar-refractivity contribution in [1.82, 2.24) is 4.98 Å². The molecule has 6 nitrogen and oxygen atoms in total. The summed E-state index contributed by atoms with van der Waals surface area (Å²) in [5.74, 6) is -0.198. The van der Waals surface area contributed by atoms with Crippen molar-refractivity contribution in [2.75, 3.05) is 54.5 Å². The van der Waals surface area contributed by atoms with Crippen LogP contribution in [0.5, 0.6) is 0 Å². The van der Waals surface area contributed by atoms with Crippen molar-refractivity contribution in [1.29, 1.82) is 0 Å². The number of benzene rings is 1. The van der Waals surface area contributed by atoms with Gasteiger partial charge in [0.05, 0.1) is 13.2 Å². The maximum absolute atomic E-state index is 12.6. The van der Waals surface area contributed by atoms with Crippen LogP contribution in [0.3, 0.4) is 0 Å². The molecular weight excluding hydrogens is 328 g/mol. The average Bonchev–Trinajstić information content (AvgIpc) is 2.71. The number of rotatable bonds is 6. The van der Waals surface area contributed by atoms with E-state index in [-0.39, 0.29) is 5.91 Å². The number of ether oxygens (including phenoxy) is 1. The molecular formula is C20H26N4O2. The van der Waals surface area contributed by atoms with Crippen molar-refractivity contribution in [2.45, 2.75) is 13.8 Å². The van der Waals surface area contributed by atoms with Gasteiger partial charge in [0.25, 0.3) is 5.91 Å². The Hall–Kier alpha value is -2.60. The van der Waals surface area contributed by atoms with Crippen LogP contribution >= 0.6 is 0 Å². The van der Waals surface area contributed by atoms with E-state index in [1.54, 1.807) is 6.20 Å². The second-order valence-corrected chi connectivity index (χ2v) is 6.17. The van der Waals surface area contributed by atoms with Gasteiger partial charge in [-0.3, -0.25) is 9.78 Å². The lowest BCUT2D eigenvalue weighted by atomic mass is 10.2. The van der Waals surface area contributed by atoms with Crippen LogP contribution < -0.4 is 15.1 Å². The number of nitrogens with zero attached hydrogens (tertiary/aromatic N) is 3. The fourth-order valence-corrected chi connectivity index (χ4v) is 3.10. The molecule has 0 saturated carbocycles. The highest BCUT2D eigenvalue weighted by molar-refractivity contribution is 6.03. The van der Waals surface area contributed by atoms with Crippen molar-refractivity contribution >= 4 is 23.0 Å². The normalized spacial score (nSPS) is 14.2. The SMILES string of the molecule is CCN(CC)c1ccc(NC(=O)c2cc(N3CCOCC3)ccn2)cc1. The molecule has 0 bridgehead atoms. The van der Waals surface area contributed by atoms with Crippen molar-refractivity contribution in [3.63, 3.8) is 0 Å². The van der Waals surface area contributed by atoms with Gasteiger partial charge in [0.1, 0.15) is 5.69 Å². The van der Waals surface area contributed by atoms with Crippen LogP contribution in [0.2, 0.25) is 0 Å². The molecule has 0 unspecified atom stereocenters. The molecule has 0 spiro atoms. The molecule has 1 amide bonds. The minimum atomic E-state index is -0.198. The number of nitrogens with one attached hydrogen (secondary N) is 1. The third-order valence-electron chi connectivity index (χ3n) is 4.61. The minimum Gasteiger partial charge on any atom is -0.378 e. The molecule has 26 heavy (non-hydrogen) atoms. The molecule has 2 heterocycles. The van der Waals surface area contributed by atoms with Gasteiger partial charge in [0.2, 0.25) is 0 Å². The van der Waals surface area contributed by atoms with Gasteiger partial charge >= 0.3 is 0 Å². The molecule has 1 aromatic heterocycles. The molecule has 3 rings (SSSR count). The van der Waals surface area contributed by atoms with Gasteiger partial charge in [0.15, 0.2) is 0 Å². The Morgan fingerprint density at radius 2 is 1.85 bits per heavy atom. The fourth-order valence-electron chi connectivity index (χ4n) is 3.10. The number of carbonyl (C=O) groups is 1. The summed E-state index contributed by atoms with van der Waals surface area (Å²) in [6.45, 7) is 9.26. The largest absolute Gasteiger partial charge is 0.378 e. The third kappa shape index (κ3) is 4.32. The molecule has 6 heteroatoms. The number of hydrogen-bond acceptors (Lipinski definition) is 5. The lowest BCUT2D eigenvalue weighted by Gasteiger charge is -2.28. The Kier molecular flexibility index (Phi) is 6.07. The highest BCUT2D eigenvalue weighted by atomic mass is 16.5. The van der Waals surface area contributed by atoms with E-state index in [9.17, 15) is 4.79 Å². The Labute approximate surface area is 154 Å². The number of hydrogen-bond donors (Lipinski definition) is 1. The number of aromatic nitrogens is 1. The van der Waals surface area contributed by atoms with E-state index in [1.807, 2.05) is 36.4 Å². The highest BCUT2D eigenvalue weighted by Gasteiger charge is 2.14. The molecule has 1 N–H and O–H groups in total. The van der Waals surface area contributed by atoms with Crippen molar-refractivity contribution in [3.05, 3.63) is 48.3 Å². The monoisotopic (exact) mass is 354 g/mol. The first-order valence-corrected chi connectivity index (χ1v) is 9.16. The van der Waals surface area contributed by atoms with E-state index in [1.165, 1.54) is 0 Å². The van der Waals surface area contributed by atoms with Crippen LogP contribution in [0.4, 0.5) is 17.1 Å². The van der Waals surface area contributed by atoms with Gasteiger partial charge in [-0.15, -0.1) is 0 Å². The number of pyridine rings is 1. The summed E-state index contributed by atoms with van der Waals surface area (Å²) in [7, 11) is 0. The molecule has 0 aliphatic carbocycles. The number of anilines is 3. The number of carbonyl (C=O) groups excluding carboxylic acids is 1. The summed E-state index contributed by atoms with van der Waals surface area (Å²) in [6, 6.07) is 11.7. The first kappa shape index (κ1) is 18.2. The topological polar surface area (TPSA) is 57.7 Å². The van der Waals surface area contributed by atoms with E-state index >= 15 is 0 Å². The number of morpholine rings is 1. The van der Waals surface area contributed by atoms with Gasteiger partial charge in [-0.2, -0.15) is 0 Å². The van der Waals surface area contributed by atoms with Crippen LogP contribution in [-0.4, -0.2) is 50.3 Å². The summed E-state index contributed by atoms with van der Waals surface area (Å²) in [5, 5.41) is 2.93. The second kappa shape index (κ2) is 8.67. The first-order valence-electron chi connectivity index (χ1n) is 9.16. The fraction of sp³-hybridized carbons (Fsp3) is 0.400. The zero-order chi connectivity index (χ0) is 18.4. The standard InChI is InChI=1S/C20H26N4O2/c1-3-23(4-2)17-7-5-16(6-8-17)22-20(25)19-15-18(9-10-21-19)24-11-13-26-14-12-24/h5-10,15H,3-4,11-14H2,1-2H3,(H,22,25).